The Morgan fingerprint density at radius 3 is 2.65 bits per heavy atom. The Balaban J connectivity index is 1.97. The molecule has 1 aromatic heterocycles. The molecule has 0 aliphatic heterocycles. The van der Waals surface area contributed by atoms with Gasteiger partial charge in [-0.25, -0.2) is 4.98 Å². The first-order chi connectivity index (χ1) is 9.78. The first kappa shape index (κ1) is 13.6. The fourth-order valence-electron chi connectivity index (χ4n) is 3.66. The minimum atomic E-state index is 0.256. The Morgan fingerprint density at radius 1 is 1.20 bits per heavy atom. The molecule has 0 radical (unpaired) electrons. The monoisotopic (exact) mass is 271 g/mol. The van der Waals surface area contributed by atoms with Crippen LogP contribution in [0.3, 0.4) is 0 Å². The second-order valence-corrected chi connectivity index (χ2v) is 6.03. The summed E-state index contributed by atoms with van der Waals surface area (Å²) in [5.74, 6) is 1.24. The number of aryl methyl sites for hydroxylation is 1. The van der Waals surface area contributed by atoms with Crippen LogP contribution in [0.15, 0.2) is 24.3 Å². The van der Waals surface area contributed by atoms with Crippen molar-refractivity contribution >= 4 is 11.0 Å². The second-order valence-electron chi connectivity index (χ2n) is 6.03. The molecule has 0 atom stereocenters. The molecule has 0 bridgehead atoms. The average Bonchev–Trinajstić information content (AvgIpc) is 2.85. The molecule has 1 heterocycles. The van der Waals surface area contributed by atoms with Crippen LogP contribution in [0.4, 0.5) is 0 Å². The fourth-order valence-corrected chi connectivity index (χ4v) is 3.66. The van der Waals surface area contributed by atoms with Gasteiger partial charge in [0.2, 0.25) is 0 Å². The molecule has 3 nitrogen and oxygen atoms in total. The van der Waals surface area contributed by atoms with Crippen LogP contribution >= 0.6 is 0 Å². The molecule has 1 N–H and O–H groups in total. The minimum absolute atomic E-state index is 0.256. The van der Waals surface area contributed by atoms with Crippen molar-refractivity contribution in [3.63, 3.8) is 0 Å². The molecule has 108 valence electrons. The third-order valence-electron chi connectivity index (χ3n) is 4.89. The summed E-state index contributed by atoms with van der Waals surface area (Å²) in [5, 5.41) is 3.61. The molecular formula is C17H25N3. The lowest BCUT2D eigenvalue weighted by atomic mass is 9.79. The Bertz CT molecular complexity index is 579. The number of likely N-dealkylation sites (N-methyl/N-ethyl adjacent to an activating group) is 1. The molecule has 0 amide bonds. The topological polar surface area (TPSA) is 29.9 Å². The van der Waals surface area contributed by atoms with Crippen molar-refractivity contribution in [3.8, 4) is 0 Å². The lowest BCUT2D eigenvalue weighted by Crippen LogP contribution is -2.47. The van der Waals surface area contributed by atoms with Crippen LogP contribution in [0.2, 0.25) is 0 Å². The van der Waals surface area contributed by atoms with Gasteiger partial charge in [-0.3, -0.25) is 0 Å². The van der Waals surface area contributed by atoms with Gasteiger partial charge < -0.3 is 9.88 Å². The summed E-state index contributed by atoms with van der Waals surface area (Å²) >= 11 is 0. The number of aromatic nitrogens is 2. The Hall–Kier alpha value is -1.35. The molecule has 3 rings (SSSR count). The van der Waals surface area contributed by atoms with Gasteiger partial charge >= 0.3 is 0 Å². The number of rotatable bonds is 4. The van der Waals surface area contributed by atoms with Crippen molar-refractivity contribution in [2.45, 2.75) is 57.5 Å². The zero-order valence-corrected chi connectivity index (χ0v) is 12.7. The van der Waals surface area contributed by atoms with E-state index in [1.165, 1.54) is 43.4 Å². The van der Waals surface area contributed by atoms with Crippen LogP contribution in [-0.4, -0.2) is 22.1 Å². The molecule has 0 saturated heterocycles. The third-order valence-corrected chi connectivity index (χ3v) is 4.89. The molecule has 1 fully saturated rings. The molecule has 20 heavy (non-hydrogen) atoms. The van der Waals surface area contributed by atoms with Crippen molar-refractivity contribution in [3.05, 3.63) is 30.1 Å². The highest BCUT2D eigenvalue weighted by atomic mass is 15.1. The normalized spacial score (nSPS) is 18.5. The second kappa shape index (κ2) is 5.57. The number of para-hydroxylation sites is 2. The first-order valence-electron chi connectivity index (χ1n) is 7.91. The van der Waals surface area contributed by atoms with Crippen molar-refractivity contribution < 1.29 is 0 Å². The highest BCUT2D eigenvalue weighted by molar-refractivity contribution is 5.75. The van der Waals surface area contributed by atoms with E-state index >= 15 is 0 Å². The predicted octanol–water partition coefficient (Wildman–Crippen LogP) is 3.52. The Labute approximate surface area is 121 Å². The van der Waals surface area contributed by atoms with Crippen molar-refractivity contribution in [2.24, 2.45) is 0 Å². The molecule has 2 aromatic rings. The average molecular weight is 271 g/mol. The van der Waals surface area contributed by atoms with Gasteiger partial charge in [0.05, 0.1) is 11.0 Å². The molecular weight excluding hydrogens is 246 g/mol. The van der Waals surface area contributed by atoms with Gasteiger partial charge in [-0.15, -0.1) is 0 Å². The summed E-state index contributed by atoms with van der Waals surface area (Å²) < 4.78 is 2.38. The maximum Gasteiger partial charge on any atom is 0.111 e. The van der Waals surface area contributed by atoms with E-state index in [9.17, 15) is 0 Å². The molecule has 0 spiro atoms. The van der Waals surface area contributed by atoms with E-state index in [0.717, 1.165) is 18.5 Å². The van der Waals surface area contributed by atoms with Gasteiger partial charge in [0, 0.05) is 18.5 Å². The molecule has 0 unspecified atom stereocenters. The van der Waals surface area contributed by atoms with E-state index in [4.69, 9.17) is 4.98 Å². The smallest absolute Gasteiger partial charge is 0.111 e. The molecule has 1 aliphatic carbocycles. The standard InChI is InChI=1S/C17H25N3/c1-3-20-15-10-6-5-9-14(15)19-16(20)13-17(18-2)11-7-4-8-12-17/h5-6,9-10,18H,3-4,7-8,11-13H2,1-2H3. The minimum Gasteiger partial charge on any atom is -0.328 e. The summed E-state index contributed by atoms with van der Waals surface area (Å²) in [6.45, 7) is 3.21. The van der Waals surface area contributed by atoms with E-state index in [2.05, 4.69) is 48.1 Å². The van der Waals surface area contributed by atoms with Crippen LogP contribution in [0.1, 0.15) is 44.9 Å². The van der Waals surface area contributed by atoms with E-state index in [1.54, 1.807) is 0 Å². The lowest BCUT2D eigenvalue weighted by molar-refractivity contribution is 0.239. The maximum absolute atomic E-state index is 4.89. The SMILES string of the molecule is CCn1c(CC2(NC)CCCCC2)nc2ccccc21. The number of imidazole rings is 1. The third kappa shape index (κ3) is 2.35. The molecule has 1 saturated carbocycles. The zero-order valence-electron chi connectivity index (χ0n) is 12.7. The molecule has 1 aromatic carbocycles. The van der Waals surface area contributed by atoms with Crippen LogP contribution in [-0.2, 0) is 13.0 Å². The van der Waals surface area contributed by atoms with Crippen molar-refractivity contribution in [1.29, 1.82) is 0 Å². The van der Waals surface area contributed by atoms with Gasteiger partial charge in [0.1, 0.15) is 5.82 Å². The summed E-state index contributed by atoms with van der Waals surface area (Å²) in [7, 11) is 2.12. The number of nitrogens with one attached hydrogen (secondary N) is 1. The largest absolute Gasteiger partial charge is 0.328 e. The van der Waals surface area contributed by atoms with Gasteiger partial charge in [0.25, 0.3) is 0 Å². The molecule has 1 aliphatic rings. The van der Waals surface area contributed by atoms with E-state index < -0.39 is 0 Å². The van der Waals surface area contributed by atoms with Crippen molar-refractivity contribution in [2.75, 3.05) is 7.05 Å². The summed E-state index contributed by atoms with van der Waals surface area (Å²) in [4.78, 5) is 4.89. The summed E-state index contributed by atoms with van der Waals surface area (Å²) in [5.41, 5.74) is 2.66. The van der Waals surface area contributed by atoms with Crippen molar-refractivity contribution in [1.82, 2.24) is 14.9 Å². The maximum atomic E-state index is 4.89. The number of benzene rings is 1. The number of hydrogen-bond acceptors (Lipinski definition) is 2. The Morgan fingerprint density at radius 2 is 1.95 bits per heavy atom. The summed E-state index contributed by atoms with van der Waals surface area (Å²) in [6.07, 6.45) is 7.66. The zero-order chi connectivity index (χ0) is 14.0. The van der Waals surface area contributed by atoms with Crippen LogP contribution in [0.5, 0.6) is 0 Å². The highest BCUT2D eigenvalue weighted by Gasteiger charge is 2.32. The van der Waals surface area contributed by atoms with Crippen LogP contribution in [0, 0.1) is 0 Å². The number of hydrogen-bond donors (Lipinski definition) is 1. The highest BCUT2D eigenvalue weighted by Crippen LogP contribution is 2.31. The predicted molar refractivity (Wildman–Crippen MR) is 84.0 cm³/mol. The van der Waals surface area contributed by atoms with Gasteiger partial charge in [-0.2, -0.15) is 0 Å². The molecule has 3 heteroatoms. The summed E-state index contributed by atoms with van der Waals surface area (Å²) in [6, 6.07) is 8.49. The van der Waals surface area contributed by atoms with E-state index in [1.807, 2.05) is 0 Å². The van der Waals surface area contributed by atoms with Crippen LogP contribution < -0.4 is 5.32 Å². The number of nitrogens with zero attached hydrogens (tertiary/aromatic N) is 2. The van der Waals surface area contributed by atoms with Gasteiger partial charge in [-0.1, -0.05) is 31.4 Å². The quantitative estimate of drug-likeness (QED) is 0.922. The lowest BCUT2D eigenvalue weighted by Gasteiger charge is -2.37. The van der Waals surface area contributed by atoms with E-state index in [-0.39, 0.29) is 5.54 Å². The first-order valence-corrected chi connectivity index (χ1v) is 7.91. The fraction of sp³-hybridized carbons (Fsp3) is 0.588. The van der Waals surface area contributed by atoms with E-state index in [0.29, 0.717) is 0 Å². The van der Waals surface area contributed by atoms with Gasteiger partial charge in [-0.05, 0) is 38.9 Å². The Kier molecular flexibility index (Phi) is 3.79. The van der Waals surface area contributed by atoms with Crippen LogP contribution in [0.25, 0.3) is 11.0 Å². The van der Waals surface area contributed by atoms with Gasteiger partial charge in [0.15, 0.2) is 0 Å². The number of fused-ring (bicyclic) bond motifs is 1.